The van der Waals surface area contributed by atoms with Crippen molar-refractivity contribution in [2.24, 2.45) is 5.84 Å². The van der Waals surface area contributed by atoms with E-state index in [0.29, 0.717) is 19.1 Å². The van der Waals surface area contributed by atoms with Gasteiger partial charge in [-0.25, -0.2) is 19.6 Å². The number of hydrogen-bond acceptors (Lipinski definition) is 5. The Morgan fingerprint density at radius 2 is 1.95 bits per heavy atom. The zero-order chi connectivity index (χ0) is 14.0. The molecular weight excluding hydrogens is 252 g/mol. The molecule has 3 N–H and O–H groups in total. The number of pyridine rings is 1. The van der Waals surface area contributed by atoms with Crippen molar-refractivity contribution in [3.05, 3.63) is 17.7 Å². The molecule has 0 aliphatic carbocycles. The van der Waals surface area contributed by atoms with E-state index in [0.717, 1.165) is 18.9 Å². The van der Waals surface area contributed by atoms with Crippen molar-refractivity contribution >= 4 is 11.6 Å². The molecule has 106 valence electrons. The number of hydrogen-bond donors (Lipinski definition) is 2. The maximum atomic E-state index is 13.8. The number of nitrogen functional groups attached to an aromatic ring is 1. The van der Waals surface area contributed by atoms with Gasteiger partial charge in [0.15, 0.2) is 23.3 Å². The van der Waals surface area contributed by atoms with Crippen LogP contribution in [0.1, 0.15) is 12.8 Å². The zero-order valence-corrected chi connectivity index (χ0v) is 11.2. The van der Waals surface area contributed by atoms with E-state index < -0.39 is 11.6 Å². The summed E-state index contributed by atoms with van der Waals surface area (Å²) in [6.45, 7) is 1.39. The first-order valence-electron chi connectivity index (χ1n) is 6.27. The third-order valence-corrected chi connectivity index (χ3v) is 3.54. The van der Waals surface area contributed by atoms with Crippen LogP contribution >= 0.6 is 0 Å². The third-order valence-electron chi connectivity index (χ3n) is 3.54. The molecule has 1 aromatic heterocycles. The molecule has 0 radical (unpaired) electrons. The van der Waals surface area contributed by atoms with Crippen molar-refractivity contribution < 1.29 is 8.78 Å². The molecular formula is C12H19F2N5. The molecule has 0 spiro atoms. The lowest BCUT2D eigenvalue weighted by atomic mass is 10.0. The summed E-state index contributed by atoms with van der Waals surface area (Å²) in [5.41, 5.74) is 2.14. The van der Waals surface area contributed by atoms with E-state index >= 15 is 0 Å². The average Bonchev–Trinajstić information content (AvgIpc) is 2.39. The monoisotopic (exact) mass is 271 g/mol. The van der Waals surface area contributed by atoms with Crippen LogP contribution in [0.25, 0.3) is 0 Å². The van der Waals surface area contributed by atoms with Crippen molar-refractivity contribution in [2.45, 2.75) is 18.9 Å². The predicted octanol–water partition coefficient (Wildman–Crippen LogP) is 1.18. The second-order valence-electron chi connectivity index (χ2n) is 4.95. The van der Waals surface area contributed by atoms with Crippen LogP contribution in [0, 0.1) is 11.6 Å². The molecule has 2 rings (SSSR count). The Labute approximate surface area is 111 Å². The van der Waals surface area contributed by atoms with Crippen LogP contribution in [0.5, 0.6) is 0 Å². The van der Waals surface area contributed by atoms with E-state index in [1.165, 1.54) is 0 Å². The second-order valence-corrected chi connectivity index (χ2v) is 4.95. The Morgan fingerprint density at radius 1 is 1.32 bits per heavy atom. The number of anilines is 2. The highest BCUT2D eigenvalue weighted by Gasteiger charge is 2.24. The summed E-state index contributed by atoms with van der Waals surface area (Å²) < 4.78 is 27.1. The Hall–Kier alpha value is -1.47. The van der Waals surface area contributed by atoms with Gasteiger partial charge in [-0.2, -0.15) is 0 Å². The Balaban J connectivity index is 2.15. The number of rotatable bonds is 3. The summed E-state index contributed by atoms with van der Waals surface area (Å²) in [7, 11) is 4.07. The standard InChI is InChI=1S/C12H19F2N5/c1-18(2)8-3-5-19(6-4-8)12-10(14)7-9(13)11(16-12)17-15/h7-8H,3-6,15H2,1-2H3,(H,16,17). The molecule has 7 heteroatoms. The molecule has 1 aromatic rings. The van der Waals surface area contributed by atoms with Crippen LogP contribution in [0.3, 0.4) is 0 Å². The smallest absolute Gasteiger partial charge is 0.178 e. The summed E-state index contributed by atoms with van der Waals surface area (Å²) in [6.07, 6.45) is 1.85. The number of halogens is 2. The SMILES string of the molecule is CN(C)C1CCN(c2nc(NN)c(F)cc2F)CC1. The van der Waals surface area contributed by atoms with Crippen molar-refractivity contribution in [1.29, 1.82) is 0 Å². The first kappa shape index (κ1) is 14.0. The summed E-state index contributed by atoms with van der Waals surface area (Å²) in [6, 6.07) is 1.31. The van der Waals surface area contributed by atoms with Gasteiger partial charge in [-0.3, -0.25) is 0 Å². The van der Waals surface area contributed by atoms with Crippen LogP contribution in [-0.4, -0.2) is 43.1 Å². The van der Waals surface area contributed by atoms with Crippen LogP contribution < -0.4 is 16.2 Å². The zero-order valence-electron chi connectivity index (χ0n) is 11.2. The maximum Gasteiger partial charge on any atom is 0.178 e. The van der Waals surface area contributed by atoms with E-state index in [-0.39, 0.29) is 11.6 Å². The maximum absolute atomic E-state index is 13.8. The van der Waals surface area contributed by atoms with E-state index in [1.807, 2.05) is 19.0 Å². The van der Waals surface area contributed by atoms with E-state index in [2.05, 4.69) is 15.3 Å². The van der Waals surface area contributed by atoms with Crippen molar-refractivity contribution in [3.63, 3.8) is 0 Å². The minimum Gasteiger partial charge on any atom is -0.354 e. The molecule has 0 amide bonds. The van der Waals surface area contributed by atoms with E-state index in [4.69, 9.17) is 5.84 Å². The largest absolute Gasteiger partial charge is 0.354 e. The number of piperidine rings is 1. The Morgan fingerprint density at radius 3 is 2.47 bits per heavy atom. The molecule has 1 aliphatic rings. The van der Waals surface area contributed by atoms with Crippen LogP contribution in [0.15, 0.2) is 6.07 Å². The quantitative estimate of drug-likeness (QED) is 0.638. The van der Waals surface area contributed by atoms with E-state index in [9.17, 15) is 8.78 Å². The third kappa shape index (κ3) is 2.93. The van der Waals surface area contributed by atoms with Crippen LogP contribution in [0.2, 0.25) is 0 Å². The predicted molar refractivity (Wildman–Crippen MR) is 70.9 cm³/mol. The van der Waals surface area contributed by atoms with Gasteiger partial charge in [0.2, 0.25) is 0 Å². The topological polar surface area (TPSA) is 57.4 Å². The number of nitrogens with two attached hydrogens (primary N) is 1. The van der Waals surface area contributed by atoms with Gasteiger partial charge in [0.05, 0.1) is 0 Å². The number of hydrazine groups is 1. The van der Waals surface area contributed by atoms with Gasteiger partial charge in [-0.1, -0.05) is 0 Å². The Bertz CT molecular complexity index is 444. The molecule has 0 unspecified atom stereocenters. The normalized spacial score (nSPS) is 17.1. The van der Waals surface area contributed by atoms with Gasteiger partial charge in [-0.05, 0) is 26.9 Å². The Kier molecular flexibility index (Phi) is 4.16. The first-order valence-corrected chi connectivity index (χ1v) is 6.27. The summed E-state index contributed by atoms with van der Waals surface area (Å²) in [4.78, 5) is 7.90. The van der Waals surface area contributed by atoms with Crippen molar-refractivity contribution in [1.82, 2.24) is 9.88 Å². The molecule has 0 bridgehead atoms. The van der Waals surface area contributed by atoms with Crippen molar-refractivity contribution in [3.8, 4) is 0 Å². The highest BCUT2D eigenvalue weighted by atomic mass is 19.1. The molecule has 1 saturated heterocycles. The minimum atomic E-state index is -0.785. The molecule has 1 fully saturated rings. The van der Waals surface area contributed by atoms with E-state index in [1.54, 1.807) is 0 Å². The van der Waals surface area contributed by atoms with Gasteiger partial charge >= 0.3 is 0 Å². The van der Waals surface area contributed by atoms with Crippen molar-refractivity contribution in [2.75, 3.05) is 37.5 Å². The lowest BCUT2D eigenvalue weighted by molar-refractivity contribution is 0.249. The number of nitrogens with one attached hydrogen (secondary N) is 1. The summed E-state index contributed by atoms with van der Waals surface area (Å²) in [5.74, 6) is 3.75. The van der Waals surface area contributed by atoms with Crippen LogP contribution in [0.4, 0.5) is 20.4 Å². The fourth-order valence-electron chi connectivity index (χ4n) is 2.37. The number of nitrogens with zero attached hydrogens (tertiary/aromatic N) is 3. The van der Waals surface area contributed by atoms with Gasteiger partial charge in [0.1, 0.15) is 0 Å². The highest BCUT2D eigenvalue weighted by Crippen LogP contribution is 2.25. The second kappa shape index (κ2) is 5.66. The molecule has 0 atom stereocenters. The lowest BCUT2D eigenvalue weighted by Gasteiger charge is -2.36. The average molecular weight is 271 g/mol. The molecule has 19 heavy (non-hydrogen) atoms. The molecule has 0 saturated carbocycles. The summed E-state index contributed by atoms with van der Waals surface area (Å²) >= 11 is 0. The van der Waals surface area contributed by atoms with Gasteiger partial charge < -0.3 is 15.2 Å². The highest BCUT2D eigenvalue weighted by molar-refractivity contribution is 5.49. The molecule has 0 aromatic carbocycles. The fourth-order valence-corrected chi connectivity index (χ4v) is 2.37. The minimum absolute atomic E-state index is 0.133. The molecule has 2 heterocycles. The van der Waals surface area contributed by atoms with Gasteiger partial charge in [-0.15, -0.1) is 0 Å². The first-order chi connectivity index (χ1) is 9.02. The number of aromatic nitrogens is 1. The van der Waals surface area contributed by atoms with Gasteiger partial charge in [0.25, 0.3) is 0 Å². The molecule has 1 aliphatic heterocycles. The van der Waals surface area contributed by atoms with Crippen LogP contribution in [-0.2, 0) is 0 Å². The molecule has 5 nitrogen and oxygen atoms in total. The lowest BCUT2D eigenvalue weighted by Crippen LogP contribution is -2.42. The fraction of sp³-hybridized carbons (Fsp3) is 0.583. The summed E-state index contributed by atoms with van der Waals surface area (Å²) in [5, 5.41) is 0. The van der Waals surface area contributed by atoms with Gasteiger partial charge in [0, 0.05) is 25.2 Å².